The molecule has 7 nitrogen and oxygen atoms in total. The second-order valence-corrected chi connectivity index (χ2v) is 6.08. The highest BCUT2D eigenvalue weighted by Gasteiger charge is 2.14. The molecule has 130 valence electrons. The SMILES string of the molecule is Oc1ccc(O)n1OOC(N=C1CCCCC1)=NC1=CCCCC1. The van der Waals surface area contributed by atoms with Crippen molar-refractivity contribution in [2.45, 2.75) is 57.8 Å². The van der Waals surface area contributed by atoms with Crippen LogP contribution in [0.5, 0.6) is 11.8 Å². The van der Waals surface area contributed by atoms with Crippen molar-refractivity contribution in [3.8, 4) is 11.8 Å². The predicted molar refractivity (Wildman–Crippen MR) is 89.9 cm³/mol. The minimum absolute atomic E-state index is 0.104. The van der Waals surface area contributed by atoms with Gasteiger partial charge in [0.05, 0.1) is 0 Å². The van der Waals surface area contributed by atoms with Gasteiger partial charge in [0.1, 0.15) is 0 Å². The van der Waals surface area contributed by atoms with Crippen LogP contribution in [-0.2, 0) is 4.89 Å². The van der Waals surface area contributed by atoms with Crippen molar-refractivity contribution in [3.05, 3.63) is 23.9 Å². The van der Waals surface area contributed by atoms with Gasteiger partial charge in [0.25, 0.3) is 0 Å². The Morgan fingerprint density at radius 3 is 2.33 bits per heavy atom. The molecule has 0 bridgehead atoms. The van der Waals surface area contributed by atoms with E-state index in [0.717, 1.165) is 61.1 Å². The first kappa shape index (κ1) is 16.4. The van der Waals surface area contributed by atoms with Crippen molar-refractivity contribution < 1.29 is 20.1 Å². The van der Waals surface area contributed by atoms with Crippen molar-refractivity contribution in [1.82, 2.24) is 4.73 Å². The number of aliphatic imine (C=N–C) groups is 2. The zero-order valence-corrected chi connectivity index (χ0v) is 13.6. The molecule has 0 aliphatic heterocycles. The lowest BCUT2D eigenvalue weighted by Crippen LogP contribution is -2.18. The maximum absolute atomic E-state index is 9.60. The van der Waals surface area contributed by atoms with Crippen LogP contribution in [-0.4, -0.2) is 26.7 Å². The van der Waals surface area contributed by atoms with Gasteiger partial charge in [-0.15, -0.1) is 0 Å². The van der Waals surface area contributed by atoms with Gasteiger partial charge < -0.3 is 10.2 Å². The normalized spacial score (nSPS) is 18.9. The Bertz CT molecular complexity index is 633. The summed E-state index contributed by atoms with van der Waals surface area (Å²) in [6.45, 7) is 0. The first-order chi connectivity index (χ1) is 11.7. The second-order valence-electron chi connectivity index (χ2n) is 6.08. The highest BCUT2D eigenvalue weighted by atomic mass is 17.3. The highest BCUT2D eigenvalue weighted by Crippen LogP contribution is 2.21. The Balaban J connectivity index is 1.76. The molecule has 0 saturated heterocycles. The smallest absolute Gasteiger partial charge is 0.369 e. The number of allylic oxidation sites excluding steroid dienone is 2. The Morgan fingerprint density at radius 1 is 0.958 bits per heavy atom. The average Bonchev–Trinajstić information content (AvgIpc) is 2.93. The molecule has 2 aliphatic carbocycles. The number of hydrogen-bond acceptors (Lipinski definition) is 5. The van der Waals surface area contributed by atoms with Crippen molar-refractivity contribution in [1.29, 1.82) is 0 Å². The number of rotatable bonds is 3. The van der Waals surface area contributed by atoms with Crippen molar-refractivity contribution in [3.63, 3.8) is 0 Å². The molecule has 1 fully saturated rings. The molecule has 1 heterocycles. The van der Waals surface area contributed by atoms with Gasteiger partial charge in [0.2, 0.25) is 11.8 Å². The summed E-state index contributed by atoms with van der Waals surface area (Å²) < 4.78 is 0.770. The van der Waals surface area contributed by atoms with Gasteiger partial charge in [-0.05, 0) is 51.4 Å². The van der Waals surface area contributed by atoms with Gasteiger partial charge >= 0.3 is 6.02 Å². The first-order valence-electron chi connectivity index (χ1n) is 8.51. The molecule has 0 spiro atoms. The molecular weight excluding hydrogens is 310 g/mol. The molecule has 1 saturated carbocycles. The van der Waals surface area contributed by atoms with Crippen molar-refractivity contribution in [2.24, 2.45) is 9.98 Å². The molecule has 0 unspecified atom stereocenters. The lowest BCUT2D eigenvalue weighted by Gasteiger charge is -2.14. The van der Waals surface area contributed by atoms with Crippen molar-refractivity contribution in [2.75, 3.05) is 0 Å². The van der Waals surface area contributed by atoms with E-state index in [1.807, 2.05) is 0 Å². The molecule has 24 heavy (non-hydrogen) atoms. The predicted octanol–water partition coefficient (Wildman–Crippen LogP) is 3.48. The Labute approximate surface area is 140 Å². The first-order valence-corrected chi connectivity index (χ1v) is 8.51. The quantitative estimate of drug-likeness (QED) is 0.383. The largest absolute Gasteiger partial charge is 0.492 e. The zero-order chi connectivity index (χ0) is 16.8. The number of aromatic hydroxyl groups is 2. The summed E-state index contributed by atoms with van der Waals surface area (Å²) in [6, 6.07) is 2.70. The van der Waals surface area contributed by atoms with E-state index in [-0.39, 0.29) is 17.8 Å². The maximum atomic E-state index is 9.60. The van der Waals surface area contributed by atoms with E-state index in [4.69, 9.17) is 9.88 Å². The van der Waals surface area contributed by atoms with Gasteiger partial charge in [-0.3, -0.25) is 0 Å². The Morgan fingerprint density at radius 2 is 1.67 bits per heavy atom. The van der Waals surface area contributed by atoms with Crippen LogP contribution in [0.3, 0.4) is 0 Å². The van der Waals surface area contributed by atoms with Gasteiger partial charge in [-0.2, -0.15) is 9.98 Å². The molecule has 0 amide bonds. The van der Waals surface area contributed by atoms with E-state index >= 15 is 0 Å². The lowest BCUT2D eigenvalue weighted by atomic mass is 9.99. The Kier molecular flexibility index (Phi) is 5.40. The van der Waals surface area contributed by atoms with Gasteiger partial charge in [0, 0.05) is 23.5 Å². The molecule has 2 N–H and O–H groups in total. The van der Waals surface area contributed by atoms with Crippen LogP contribution in [0.4, 0.5) is 0 Å². The molecular formula is C17H23N3O4. The van der Waals surface area contributed by atoms with E-state index in [2.05, 4.69) is 16.1 Å². The lowest BCUT2D eigenvalue weighted by molar-refractivity contribution is -0.230. The zero-order valence-electron chi connectivity index (χ0n) is 13.6. The Hall–Kier alpha value is -2.44. The van der Waals surface area contributed by atoms with Gasteiger partial charge in [-0.1, -0.05) is 17.2 Å². The summed E-state index contributed by atoms with van der Waals surface area (Å²) in [7, 11) is 0. The topological polar surface area (TPSA) is 88.6 Å². The summed E-state index contributed by atoms with van der Waals surface area (Å²) >= 11 is 0. The summed E-state index contributed by atoms with van der Waals surface area (Å²) in [5.74, 6) is -0.539. The average molecular weight is 333 g/mol. The fraction of sp³-hybridized carbons (Fsp3) is 0.529. The molecule has 0 atom stereocenters. The van der Waals surface area contributed by atoms with Gasteiger partial charge in [0.15, 0.2) is 0 Å². The molecule has 0 aromatic carbocycles. The second kappa shape index (κ2) is 7.90. The summed E-state index contributed by atoms with van der Waals surface area (Å²) in [5.41, 5.74) is 1.97. The van der Waals surface area contributed by atoms with E-state index in [1.165, 1.54) is 25.0 Å². The van der Waals surface area contributed by atoms with Crippen LogP contribution in [0.2, 0.25) is 0 Å². The minimum atomic E-state index is -0.269. The molecule has 1 aromatic heterocycles. The standard InChI is InChI=1S/C17H23N3O4/c21-15-11-12-16(22)20(15)24-23-17(18-13-7-3-1-4-8-13)19-14-9-5-2-6-10-14/h7,11-12,21-22H,1-6,8-10H2. The van der Waals surface area contributed by atoms with Crippen LogP contribution >= 0.6 is 0 Å². The maximum Gasteiger partial charge on any atom is 0.369 e. The summed E-state index contributed by atoms with van der Waals surface area (Å²) in [4.78, 5) is 19.2. The van der Waals surface area contributed by atoms with Gasteiger partial charge in [-0.25, -0.2) is 9.88 Å². The number of aromatic nitrogens is 1. The monoisotopic (exact) mass is 333 g/mol. The summed E-state index contributed by atoms with van der Waals surface area (Å²) in [5, 5.41) is 19.2. The van der Waals surface area contributed by atoms with E-state index in [0.29, 0.717) is 0 Å². The molecule has 0 radical (unpaired) electrons. The molecule has 7 heteroatoms. The van der Waals surface area contributed by atoms with Crippen LogP contribution in [0.15, 0.2) is 33.9 Å². The summed E-state index contributed by atoms with van der Waals surface area (Å²) in [6.07, 6.45) is 11.6. The molecule has 2 aliphatic rings. The van der Waals surface area contributed by atoms with E-state index in [9.17, 15) is 10.2 Å². The third-order valence-electron chi connectivity index (χ3n) is 4.17. The highest BCUT2D eigenvalue weighted by molar-refractivity contribution is 5.95. The van der Waals surface area contributed by atoms with Crippen molar-refractivity contribution >= 4 is 11.7 Å². The fourth-order valence-electron chi connectivity index (χ4n) is 2.86. The molecule has 1 aromatic rings. The van der Waals surface area contributed by atoms with E-state index < -0.39 is 0 Å². The number of hydrogen-bond donors (Lipinski definition) is 2. The van der Waals surface area contributed by atoms with Crippen LogP contribution in [0.1, 0.15) is 57.8 Å². The van der Waals surface area contributed by atoms with Crippen LogP contribution in [0, 0.1) is 0 Å². The van der Waals surface area contributed by atoms with E-state index in [1.54, 1.807) is 0 Å². The van der Waals surface area contributed by atoms with Crippen LogP contribution in [0.25, 0.3) is 0 Å². The van der Waals surface area contributed by atoms with Crippen LogP contribution < -0.4 is 4.99 Å². The number of nitrogens with zero attached hydrogens (tertiary/aromatic N) is 3. The minimum Gasteiger partial charge on any atom is -0.492 e. The fourth-order valence-corrected chi connectivity index (χ4v) is 2.86. The third kappa shape index (κ3) is 4.31. The number of amidine groups is 1. The third-order valence-corrected chi connectivity index (χ3v) is 4.17. The molecule has 3 rings (SSSR count).